The van der Waals surface area contributed by atoms with Crippen LogP contribution in [-0.2, 0) is 6.18 Å². The molecule has 0 saturated heterocycles. The molecule has 0 aliphatic rings. The van der Waals surface area contributed by atoms with Crippen molar-refractivity contribution in [3.05, 3.63) is 28.6 Å². The first-order chi connectivity index (χ1) is 7.27. The van der Waals surface area contributed by atoms with Gasteiger partial charge in [0.1, 0.15) is 11.4 Å². The van der Waals surface area contributed by atoms with Crippen molar-refractivity contribution in [2.45, 2.75) is 19.5 Å². The van der Waals surface area contributed by atoms with E-state index in [0.29, 0.717) is 6.07 Å². The van der Waals surface area contributed by atoms with Gasteiger partial charge >= 0.3 is 6.18 Å². The van der Waals surface area contributed by atoms with Gasteiger partial charge in [-0.05, 0) is 18.6 Å². The summed E-state index contributed by atoms with van der Waals surface area (Å²) in [4.78, 5) is 13.2. The van der Waals surface area contributed by atoms with Gasteiger partial charge in [-0.25, -0.2) is 13.8 Å². The average molecular weight is 239 g/mol. The number of aromatic nitrogens is 1. The molecule has 0 atom stereocenters. The molecule has 0 fully saturated rings. The third-order valence-corrected chi connectivity index (χ3v) is 1.91. The molecule has 0 aromatic carbocycles. The average Bonchev–Trinajstić information content (AvgIpc) is 2.14. The van der Waals surface area contributed by atoms with Crippen LogP contribution in [0.1, 0.15) is 33.7 Å². The molecule has 0 unspecified atom stereocenters. The molecule has 0 N–H and O–H groups in total. The zero-order chi connectivity index (χ0) is 12.5. The third kappa shape index (κ3) is 2.34. The minimum Gasteiger partial charge on any atom is -0.298 e. The lowest BCUT2D eigenvalue weighted by atomic mass is 10.1. The molecule has 0 saturated carbocycles. The van der Waals surface area contributed by atoms with Gasteiger partial charge in [-0.1, -0.05) is 0 Å². The highest BCUT2D eigenvalue weighted by atomic mass is 19.4. The third-order valence-electron chi connectivity index (χ3n) is 1.91. The quantitative estimate of drug-likeness (QED) is 0.586. The van der Waals surface area contributed by atoms with Crippen LogP contribution < -0.4 is 0 Å². The van der Waals surface area contributed by atoms with Gasteiger partial charge in [0.05, 0.1) is 0 Å². The molecule has 0 aliphatic heterocycles. The van der Waals surface area contributed by atoms with Crippen molar-refractivity contribution in [3.8, 4) is 0 Å². The van der Waals surface area contributed by atoms with E-state index in [2.05, 4.69) is 4.98 Å². The maximum atomic E-state index is 12.4. The Morgan fingerprint density at radius 3 is 2.31 bits per heavy atom. The van der Waals surface area contributed by atoms with Gasteiger partial charge in [-0.2, -0.15) is 13.2 Å². The number of rotatable bonds is 2. The number of carbonyl (C=O) groups is 1. The lowest BCUT2D eigenvalue weighted by Crippen LogP contribution is -2.12. The summed E-state index contributed by atoms with van der Waals surface area (Å²) in [6, 6.07) is 0.565. The van der Waals surface area contributed by atoms with E-state index < -0.39 is 29.6 Å². The predicted octanol–water partition coefficient (Wildman–Crippen LogP) is 3.16. The summed E-state index contributed by atoms with van der Waals surface area (Å²) in [6.45, 7) is 1.15. The minimum atomic E-state index is -4.81. The highest BCUT2D eigenvalue weighted by Crippen LogP contribution is 2.31. The maximum absolute atomic E-state index is 12.4. The highest BCUT2D eigenvalue weighted by molar-refractivity contribution is 5.79. The molecule has 1 heterocycles. The fourth-order valence-corrected chi connectivity index (χ4v) is 1.17. The molecule has 0 bridgehead atoms. The number of hydrogen-bond acceptors (Lipinski definition) is 2. The number of aryl methyl sites for hydroxylation is 1. The van der Waals surface area contributed by atoms with Crippen molar-refractivity contribution in [1.82, 2.24) is 4.98 Å². The summed E-state index contributed by atoms with van der Waals surface area (Å²) in [5, 5.41) is 0. The van der Waals surface area contributed by atoms with Gasteiger partial charge < -0.3 is 0 Å². The Labute approximate surface area is 87.1 Å². The van der Waals surface area contributed by atoms with Crippen molar-refractivity contribution in [2.24, 2.45) is 0 Å². The van der Waals surface area contributed by atoms with E-state index in [1.54, 1.807) is 0 Å². The lowest BCUT2D eigenvalue weighted by Gasteiger charge is -2.11. The first-order valence-electron chi connectivity index (χ1n) is 4.09. The topological polar surface area (TPSA) is 30.0 Å². The summed E-state index contributed by atoms with van der Waals surface area (Å²) in [6.07, 6.45) is -7.96. The van der Waals surface area contributed by atoms with Crippen molar-refractivity contribution >= 4 is 6.29 Å². The summed E-state index contributed by atoms with van der Waals surface area (Å²) in [5.41, 5.74) is -3.23. The molecule has 1 aromatic rings. The second kappa shape index (κ2) is 4.15. The van der Waals surface area contributed by atoms with E-state index >= 15 is 0 Å². The van der Waals surface area contributed by atoms with Crippen LogP contribution in [0, 0.1) is 6.92 Å². The molecule has 0 amide bonds. The van der Waals surface area contributed by atoms with Crippen LogP contribution >= 0.6 is 0 Å². The zero-order valence-electron chi connectivity index (χ0n) is 7.98. The fraction of sp³-hybridized carbons (Fsp3) is 0.333. The van der Waals surface area contributed by atoms with Crippen LogP contribution in [-0.4, -0.2) is 11.3 Å². The van der Waals surface area contributed by atoms with E-state index in [1.807, 2.05) is 0 Å². The Morgan fingerprint density at radius 1 is 1.38 bits per heavy atom. The number of alkyl halides is 5. The predicted molar refractivity (Wildman–Crippen MR) is 44.3 cm³/mol. The van der Waals surface area contributed by atoms with Crippen molar-refractivity contribution in [3.63, 3.8) is 0 Å². The van der Waals surface area contributed by atoms with E-state index in [1.165, 1.54) is 0 Å². The van der Waals surface area contributed by atoms with Crippen LogP contribution in [0.25, 0.3) is 0 Å². The van der Waals surface area contributed by atoms with Crippen molar-refractivity contribution in [2.75, 3.05) is 0 Å². The second-order valence-corrected chi connectivity index (χ2v) is 3.04. The Balaban J connectivity index is 3.46. The van der Waals surface area contributed by atoms with Gasteiger partial charge in [0, 0.05) is 5.56 Å². The minimum absolute atomic E-state index is 0.0734. The van der Waals surface area contributed by atoms with Crippen LogP contribution in [0.3, 0.4) is 0 Å². The van der Waals surface area contributed by atoms with Crippen LogP contribution in [0.2, 0.25) is 0 Å². The number of hydrogen-bond donors (Lipinski definition) is 0. The van der Waals surface area contributed by atoms with Crippen LogP contribution in [0.4, 0.5) is 22.0 Å². The Hall–Kier alpha value is -1.53. The molecule has 7 heteroatoms. The number of aldehydes is 1. The molecular weight excluding hydrogens is 233 g/mol. The van der Waals surface area contributed by atoms with E-state index in [4.69, 9.17) is 0 Å². The molecule has 1 aromatic heterocycles. The standard InChI is InChI=1S/C9H6F5NO/c1-4-2-6(9(12,13)14)15-7(8(10)11)5(4)3-16/h2-3,8H,1H3. The van der Waals surface area contributed by atoms with Crippen LogP contribution in [0.15, 0.2) is 6.07 Å². The molecular formula is C9H6F5NO. The molecule has 16 heavy (non-hydrogen) atoms. The molecule has 0 aliphatic carbocycles. The SMILES string of the molecule is Cc1cc(C(F)(F)F)nc(C(F)F)c1C=O. The Morgan fingerprint density at radius 2 is 1.94 bits per heavy atom. The Kier molecular flexibility index (Phi) is 3.25. The smallest absolute Gasteiger partial charge is 0.298 e. The summed E-state index contributed by atoms with van der Waals surface area (Å²) in [5.74, 6) is 0. The van der Waals surface area contributed by atoms with E-state index in [0.717, 1.165) is 6.92 Å². The van der Waals surface area contributed by atoms with E-state index in [9.17, 15) is 26.7 Å². The number of carbonyl (C=O) groups excluding carboxylic acids is 1. The monoisotopic (exact) mass is 239 g/mol. The van der Waals surface area contributed by atoms with E-state index in [-0.39, 0.29) is 11.8 Å². The van der Waals surface area contributed by atoms with Gasteiger partial charge in [0.25, 0.3) is 6.43 Å². The van der Waals surface area contributed by atoms with Gasteiger partial charge in [-0.3, -0.25) is 4.79 Å². The number of halogens is 5. The maximum Gasteiger partial charge on any atom is 0.433 e. The molecule has 0 spiro atoms. The lowest BCUT2D eigenvalue weighted by molar-refractivity contribution is -0.141. The molecule has 1 rings (SSSR count). The fourth-order valence-electron chi connectivity index (χ4n) is 1.17. The zero-order valence-corrected chi connectivity index (χ0v) is 7.98. The van der Waals surface area contributed by atoms with Crippen molar-refractivity contribution in [1.29, 1.82) is 0 Å². The Bertz CT molecular complexity index is 413. The normalized spacial score (nSPS) is 11.9. The number of nitrogens with zero attached hydrogens (tertiary/aromatic N) is 1. The van der Waals surface area contributed by atoms with Gasteiger partial charge in [0.2, 0.25) is 0 Å². The van der Waals surface area contributed by atoms with Gasteiger partial charge in [-0.15, -0.1) is 0 Å². The first kappa shape index (κ1) is 12.5. The summed E-state index contributed by atoms with van der Waals surface area (Å²) in [7, 11) is 0. The first-order valence-corrected chi connectivity index (χ1v) is 4.09. The second-order valence-electron chi connectivity index (χ2n) is 3.04. The largest absolute Gasteiger partial charge is 0.433 e. The summed E-state index contributed by atoms with van der Waals surface area (Å²) < 4.78 is 61.5. The van der Waals surface area contributed by atoms with Gasteiger partial charge in [0.15, 0.2) is 6.29 Å². The summed E-state index contributed by atoms with van der Waals surface area (Å²) >= 11 is 0. The van der Waals surface area contributed by atoms with Crippen LogP contribution in [0.5, 0.6) is 0 Å². The molecule has 88 valence electrons. The highest BCUT2D eigenvalue weighted by Gasteiger charge is 2.34. The molecule has 0 radical (unpaired) electrons. The van der Waals surface area contributed by atoms with Crippen molar-refractivity contribution < 1.29 is 26.7 Å². The number of pyridine rings is 1. The molecule has 2 nitrogen and oxygen atoms in total.